The molecule has 0 fully saturated rings. The van der Waals surface area contributed by atoms with Gasteiger partial charge in [0, 0.05) is 0 Å². The van der Waals surface area contributed by atoms with Crippen LogP contribution in [0.5, 0.6) is 0 Å². The summed E-state index contributed by atoms with van der Waals surface area (Å²) in [6, 6.07) is -1.33. The number of aliphatic carboxylic acids is 1. The number of carbonyl (C=O) groups excluding carboxylic acids is 1. The van der Waals surface area contributed by atoms with Gasteiger partial charge in [0.2, 0.25) is 0 Å². The summed E-state index contributed by atoms with van der Waals surface area (Å²) < 4.78 is 43.5. The normalized spacial score (nSPS) is 13.7. The standard InChI is InChI=1S/C11H18F3NO5/c1-10(2,3)20-9(18)15-7(8(16)17)5-4-6-19-11(12,13)14/h7H,4-6H2,1-3H3,(H,15,18)(H,16,17). The molecule has 118 valence electrons. The van der Waals surface area contributed by atoms with Gasteiger partial charge in [-0.3, -0.25) is 4.74 Å². The van der Waals surface area contributed by atoms with Crippen molar-refractivity contribution in [1.29, 1.82) is 0 Å². The molecule has 0 aromatic carbocycles. The topological polar surface area (TPSA) is 84.9 Å². The Morgan fingerprint density at radius 3 is 2.20 bits per heavy atom. The highest BCUT2D eigenvalue weighted by Gasteiger charge is 2.29. The van der Waals surface area contributed by atoms with Crippen LogP contribution in [0.2, 0.25) is 0 Å². The van der Waals surface area contributed by atoms with Crippen molar-refractivity contribution in [2.75, 3.05) is 6.61 Å². The van der Waals surface area contributed by atoms with E-state index in [4.69, 9.17) is 9.84 Å². The fourth-order valence-corrected chi connectivity index (χ4v) is 1.18. The lowest BCUT2D eigenvalue weighted by atomic mass is 10.1. The van der Waals surface area contributed by atoms with Crippen molar-refractivity contribution in [2.24, 2.45) is 0 Å². The Kier molecular flexibility index (Phi) is 6.77. The number of amides is 1. The lowest BCUT2D eigenvalue weighted by molar-refractivity contribution is -0.324. The van der Waals surface area contributed by atoms with Crippen LogP contribution in [0.4, 0.5) is 18.0 Å². The van der Waals surface area contributed by atoms with Gasteiger partial charge in [-0.15, -0.1) is 13.2 Å². The monoisotopic (exact) mass is 301 g/mol. The number of rotatable bonds is 6. The molecule has 6 nitrogen and oxygen atoms in total. The summed E-state index contributed by atoms with van der Waals surface area (Å²) in [4.78, 5) is 22.2. The van der Waals surface area contributed by atoms with Crippen molar-refractivity contribution in [2.45, 2.75) is 51.6 Å². The molecule has 1 atom stereocenters. The molecule has 1 amide bonds. The molecule has 9 heteroatoms. The summed E-state index contributed by atoms with van der Waals surface area (Å²) in [5.41, 5.74) is -0.799. The molecule has 1 unspecified atom stereocenters. The zero-order chi connectivity index (χ0) is 16.0. The molecule has 2 N–H and O–H groups in total. The molecule has 0 saturated heterocycles. The maximum absolute atomic E-state index is 11.7. The van der Waals surface area contributed by atoms with Crippen LogP contribution in [0.3, 0.4) is 0 Å². The van der Waals surface area contributed by atoms with E-state index in [1.807, 2.05) is 0 Å². The molecule has 0 aliphatic rings. The SMILES string of the molecule is CC(C)(C)OC(=O)NC(CCCOC(F)(F)F)C(=O)O. The van der Waals surface area contributed by atoms with Gasteiger partial charge in [-0.05, 0) is 33.6 Å². The highest BCUT2D eigenvalue weighted by atomic mass is 19.4. The van der Waals surface area contributed by atoms with E-state index in [2.05, 4.69) is 10.1 Å². The van der Waals surface area contributed by atoms with E-state index < -0.39 is 36.7 Å². The van der Waals surface area contributed by atoms with E-state index in [1.165, 1.54) is 0 Å². The van der Waals surface area contributed by atoms with Crippen molar-refractivity contribution in [3.05, 3.63) is 0 Å². The molecule has 0 heterocycles. The van der Waals surface area contributed by atoms with Gasteiger partial charge in [0.1, 0.15) is 11.6 Å². The van der Waals surface area contributed by atoms with Crippen molar-refractivity contribution in [1.82, 2.24) is 5.32 Å². The Balaban J connectivity index is 4.18. The van der Waals surface area contributed by atoms with Crippen LogP contribution in [-0.4, -0.2) is 41.8 Å². The highest BCUT2D eigenvalue weighted by molar-refractivity contribution is 5.79. The van der Waals surface area contributed by atoms with Crippen LogP contribution < -0.4 is 5.32 Å². The summed E-state index contributed by atoms with van der Waals surface area (Å²) in [7, 11) is 0. The molecule has 0 bridgehead atoms. The fourth-order valence-electron chi connectivity index (χ4n) is 1.18. The van der Waals surface area contributed by atoms with Gasteiger partial charge >= 0.3 is 18.4 Å². The van der Waals surface area contributed by atoms with E-state index >= 15 is 0 Å². The Hall–Kier alpha value is -1.51. The molecule has 0 spiro atoms. The molecular formula is C11H18F3NO5. The zero-order valence-corrected chi connectivity index (χ0v) is 11.4. The molecule has 0 aromatic heterocycles. The van der Waals surface area contributed by atoms with Crippen molar-refractivity contribution >= 4 is 12.1 Å². The highest BCUT2D eigenvalue weighted by Crippen LogP contribution is 2.16. The number of hydrogen-bond acceptors (Lipinski definition) is 4. The van der Waals surface area contributed by atoms with Crippen LogP contribution in [0.15, 0.2) is 0 Å². The number of carboxylic acid groups (broad SMARTS) is 1. The molecular weight excluding hydrogens is 283 g/mol. The minimum Gasteiger partial charge on any atom is -0.480 e. The number of halogens is 3. The van der Waals surface area contributed by atoms with Gasteiger partial charge in [0.05, 0.1) is 6.61 Å². The summed E-state index contributed by atoms with van der Waals surface area (Å²) in [6.07, 6.45) is -6.07. The summed E-state index contributed by atoms with van der Waals surface area (Å²) in [6.45, 7) is 4.11. The maximum atomic E-state index is 11.7. The third-order valence-corrected chi connectivity index (χ3v) is 1.89. The molecule has 0 saturated carbocycles. The number of ether oxygens (including phenoxy) is 2. The van der Waals surface area contributed by atoms with Crippen LogP contribution in [0.25, 0.3) is 0 Å². The van der Waals surface area contributed by atoms with Crippen LogP contribution in [-0.2, 0) is 14.3 Å². The van der Waals surface area contributed by atoms with E-state index in [0.29, 0.717) is 0 Å². The second-order valence-electron chi connectivity index (χ2n) is 4.97. The first-order valence-corrected chi connectivity index (χ1v) is 5.84. The number of alkyl carbamates (subject to hydrolysis) is 1. The van der Waals surface area contributed by atoms with Gasteiger partial charge in [-0.25, -0.2) is 9.59 Å². The van der Waals surface area contributed by atoms with Gasteiger partial charge in [0.15, 0.2) is 0 Å². The predicted molar refractivity (Wildman–Crippen MR) is 62.0 cm³/mol. The first kappa shape index (κ1) is 18.5. The summed E-state index contributed by atoms with van der Waals surface area (Å²) >= 11 is 0. The second-order valence-corrected chi connectivity index (χ2v) is 4.97. The summed E-state index contributed by atoms with van der Waals surface area (Å²) in [5, 5.41) is 10.9. The van der Waals surface area contributed by atoms with Crippen LogP contribution >= 0.6 is 0 Å². The lowest BCUT2D eigenvalue weighted by Crippen LogP contribution is -2.43. The Morgan fingerprint density at radius 2 is 1.80 bits per heavy atom. The minimum atomic E-state index is -4.75. The third-order valence-electron chi connectivity index (χ3n) is 1.89. The van der Waals surface area contributed by atoms with Crippen LogP contribution in [0, 0.1) is 0 Å². The smallest absolute Gasteiger partial charge is 0.480 e. The molecule has 0 aromatic rings. The number of hydrogen-bond donors (Lipinski definition) is 2. The number of nitrogens with one attached hydrogen (secondary N) is 1. The average Bonchev–Trinajstić information content (AvgIpc) is 2.17. The molecule has 0 aliphatic heterocycles. The van der Waals surface area contributed by atoms with Gasteiger partial charge in [-0.1, -0.05) is 0 Å². The molecule has 0 rings (SSSR count). The molecule has 20 heavy (non-hydrogen) atoms. The van der Waals surface area contributed by atoms with E-state index in [0.717, 1.165) is 0 Å². The average molecular weight is 301 g/mol. The Morgan fingerprint density at radius 1 is 1.25 bits per heavy atom. The number of carboxylic acids is 1. The predicted octanol–water partition coefficient (Wildman–Crippen LogP) is 2.28. The Bertz CT molecular complexity index is 338. The van der Waals surface area contributed by atoms with E-state index in [-0.39, 0.29) is 12.8 Å². The number of alkyl halides is 3. The lowest BCUT2D eigenvalue weighted by Gasteiger charge is -2.22. The Labute approximate surface area is 114 Å². The van der Waals surface area contributed by atoms with E-state index in [9.17, 15) is 22.8 Å². The first-order valence-electron chi connectivity index (χ1n) is 5.84. The van der Waals surface area contributed by atoms with Crippen LogP contribution in [0.1, 0.15) is 33.6 Å². The summed E-state index contributed by atoms with van der Waals surface area (Å²) in [5.74, 6) is -1.36. The minimum absolute atomic E-state index is 0.174. The third kappa shape index (κ3) is 10.4. The van der Waals surface area contributed by atoms with Crippen molar-refractivity contribution in [3.63, 3.8) is 0 Å². The fraction of sp³-hybridized carbons (Fsp3) is 0.818. The first-order chi connectivity index (χ1) is 8.91. The molecule has 0 aliphatic carbocycles. The number of carbonyl (C=O) groups is 2. The largest absolute Gasteiger partial charge is 0.522 e. The second kappa shape index (κ2) is 7.32. The maximum Gasteiger partial charge on any atom is 0.522 e. The van der Waals surface area contributed by atoms with Gasteiger partial charge < -0.3 is 15.2 Å². The zero-order valence-electron chi connectivity index (χ0n) is 11.4. The quantitative estimate of drug-likeness (QED) is 0.735. The molecule has 0 radical (unpaired) electrons. The van der Waals surface area contributed by atoms with Gasteiger partial charge in [-0.2, -0.15) is 0 Å². The van der Waals surface area contributed by atoms with Crippen molar-refractivity contribution in [3.8, 4) is 0 Å². The van der Waals surface area contributed by atoms with Crippen molar-refractivity contribution < 1.29 is 37.3 Å². The van der Waals surface area contributed by atoms with Gasteiger partial charge in [0.25, 0.3) is 0 Å². The van der Waals surface area contributed by atoms with E-state index in [1.54, 1.807) is 20.8 Å².